The van der Waals surface area contributed by atoms with Gasteiger partial charge in [0.2, 0.25) is 11.8 Å². The van der Waals surface area contributed by atoms with Crippen LogP contribution in [0.1, 0.15) is 36.8 Å². The Morgan fingerprint density at radius 2 is 1.49 bits per heavy atom. The minimum Gasteiger partial charge on any atom is -0.497 e. The van der Waals surface area contributed by atoms with Crippen molar-refractivity contribution in [3.8, 4) is 11.5 Å². The van der Waals surface area contributed by atoms with Gasteiger partial charge in [-0.1, -0.05) is 90.6 Å². The first-order chi connectivity index (χ1) is 23.6. The van der Waals surface area contributed by atoms with Crippen molar-refractivity contribution in [1.82, 2.24) is 10.2 Å². The molecule has 4 aromatic rings. The van der Waals surface area contributed by atoms with Crippen molar-refractivity contribution in [2.24, 2.45) is 0 Å². The first-order valence-corrected chi connectivity index (χ1v) is 18.2. The summed E-state index contributed by atoms with van der Waals surface area (Å²) in [5.74, 6) is -0.436. The summed E-state index contributed by atoms with van der Waals surface area (Å²) in [5.41, 5.74) is 1.34. The number of methoxy groups -OCH3 is 2. The molecule has 0 heterocycles. The van der Waals surface area contributed by atoms with Crippen LogP contribution in [0.4, 0.5) is 5.69 Å². The maximum atomic E-state index is 14.8. The summed E-state index contributed by atoms with van der Waals surface area (Å²) < 4.78 is 40.8. The topological polar surface area (TPSA) is 105 Å². The van der Waals surface area contributed by atoms with E-state index in [1.165, 1.54) is 37.3 Å². The molecule has 258 valence electrons. The van der Waals surface area contributed by atoms with Gasteiger partial charge < -0.3 is 19.7 Å². The molecule has 49 heavy (non-hydrogen) atoms. The maximum Gasteiger partial charge on any atom is 0.264 e. The summed E-state index contributed by atoms with van der Waals surface area (Å²) in [6, 6.07) is 25.8. The highest BCUT2D eigenvalue weighted by atomic mass is 35.5. The highest BCUT2D eigenvalue weighted by Crippen LogP contribution is 2.36. The minimum absolute atomic E-state index is 0.0253. The van der Waals surface area contributed by atoms with Gasteiger partial charge in [0.1, 0.15) is 24.1 Å². The fourth-order valence-corrected chi connectivity index (χ4v) is 7.95. The molecule has 4 aromatic carbocycles. The zero-order valence-corrected chi connectivity index (χ0v) is 29.7. The van der Waals surface area contributed by atoms with E-state index >= 15 is 0 Å². The highest BCUT2D eigenvalue weighted by Gasteiger charge is 2.37. The zero-order valence-electron chi connectivity index (χ0n) is 27.4. The number of sulfonamides is 1. The highest BCUT2D eigenvalue weighted by molar-refractivity contribution is 7.92. The molecular formula is C37H39Cl2N3O6S. The molecule has 9 nitrogen and oxygen atoms in total. The van der Waals surface area contributed by atoms with Gasteiger partial charge >= 0.3 is 0 Å². The Morgan fingerprint density at radius 3 is 2.10 bits per heavy atom. The van der Waals surface area contributed by atoms with Gasteiger partial charge in [0.05, 0.1) is 24.8 Å². The Hall–Kier alpha value is -4.25. The molecular weight excluding hydrogens is 685 g/mol. The van der Waals surface area contributed by atoms with Crippen molar-refractivity contribution >= 4 is 50.7 Å². The largest absolute Gasteiger partial charge is 0.497 e. The summed E-state index contributed by atoms with van der Waals surface area (Å²) in [6.07, 6.45) is 3.85. The van der Waals surface area contributed by atoms with Crippen LogP contribution in [0.25, 0.3) is 0 Å². The van der Waals surface area contributed by atoms with Crippen molar-refractivity contribution in [3.05, 3.63) is 118 Å². The van der Waals surface area contributed by atoms with Gasteiger partial charge in [0, 0.05) is 40.7 Å². The second-order valence-corrected chi connectivity index (χ2v) is 14.5. The number of ether oxygens (including phenoxy) is 2. The maximum absolute atomic E-state index is 14.8. The average molecular weight is 725 g/mol. The number of hydrogen-bond acceptors (Lipinski definition) is 6. The fourth-order valence-electron chi connectivity index (χ4n) is 6.00. The minimum atomic E-state index is -4.36. The third-order valence-corrected chi connectivity index (χ3v) is 11.1. The standard InChI is InChI=1S/C37H39Cl2N3O6S/c1-47-28-20-21-35(48-2)33(23-28)42(49(45,46)29-16-7-4-8-17-29)25-36(43)41(24-30-31(38)18-11-19-32(30)39)34(22-26-12-5-3-6-13-26)37(44)40-27-14-9-10-15-27/h3-8,11-13,16-21,23,27,34H,9-10,14-15,22,24-25H2,1-2H3,(H,40,44)/t34-/m0/s1. The van der Waals surface area contributed by atoms with E-state index in [-0.39, 0.29) is 41.2 Å². The van der Waals surface area contributed by atoms with Gasteiger partial charge in [-0.05, 0) is 54.8 Å². The van der Waals surface area contributed by atoms with E-state index in [1.807, 2.05) is 30.3 Å². The van der Waals surface area contributed by atoms with Crippen molar-refractivity contribution in [2.75, 3.05) is 25.1 Å². The van der Waals surface area contributed by atoms with Crippen LogP contribution < -0.4 is 19.1 Å². The fraction of sp³-hybridized carbons (Fsp3) is 0.297. The average Bonchev–Trinajstić information content (AvgIpc) is 3.63. The van der Waals surface area contributed by atoms with Gasteiger partial charge in [0.15, 0.2) is 0 Å². The molecule has 1 atom stereocenters. The van der Waals surface area contributed by atoms with Gasteiger partial charge in [-0.25, -0.2) is 8.42 Å². The summed E-state index contributed by atoms with van der Waals surface area (Å²) in [7, 11) is -1.49. The number of rotatable bonds is 14. The molecule has 5 rings (SSSR count). The molecule has 0 aromatic heterocycles. The first-order valence-electron chi connectivity index (χ1n) is 16.0. The SMILES string of the molecule is COc1ccc(OC)c(N(CC(=O)N(Cc2c(Cl)cccc2Cl)[C@@H](Cc2ccccc2)C(=O)NC2CCCC2)S(=O)(=O)c2ccccc2)c1. The van der Waals surface area contributed by atoms with E-state index in [2.05, 4.69) is 5.32 Å². The van der Waals surface area contributed by atoms with Crippen LogP contribution >= 0.6 is 23.2 Å². The number of carbonyl (C=O) groups is 2. The summed E-state index contributed by atoms with van der Waals surface area (Å²) in [4.78, 5) is 30.4. The second kappa shape index (κ2) is 16.4. The molecule has 1 aliphatic carbocycles. The Kier molecular flexibility index (Phi) is 12.1. The number of amides is 2. The van der Waals surface area contributed by atoms with Gasteiger partial charge in [-0.2, -0.15) is 0 Å². The van der Waals surface area contributed by atoms with Gasteiger partial charge in [-0.3, -0.25) is 13.9 Å². The lowest BCUT2D eigenvalue weighted by atomic mass is 10.0. The molecule has 0 radical (unpaired) electrons. The number of nitrogens with zero attached hydrogens (tertiary/aromatic N) is 2. The van der Waals surface area contributed by atoms with E-state index in [4.69, 9.17) is 32.7 Å². The third-order valence-electron chi connectivity index (χ3n) is 8.63. The van der Waals surface area contributed by atoms with Crippen LogP contribution in [0.15, 0.2) is 102 Å². The molecule has 0 aliphatic heterocycles. The number of halogens is 2. The first kappa shape index (κ1) is 36.0. The molecule has 1 fully saturated rings. The number of hydrogen-bond donors (Lipinski definition) is 1. The Labute approximate surface area is 297 Å². The van der Waals surface area contributed by atoms with E-state index in [0.29, 0.717) is 21.4 Å². The lowest BCUT2D eigenvalue weighted by Crippen LogP contribution is -2.54. The quantitative estimate of drug-likeness (QED) is 0.152. The molecule has 12 heteroatoms. The summed E-state index contributed by atoms with van der Waals surface area (Å²) in [5, 5.41) is 3.77. The number of nitrogens with one attached hydrogen (secondary N) is 1. The molecule has 0 bridgehead atoms. The van der Waals surface area contributed by atoms with Gasteiger partial charge in [0.25, 0.3) is 10.0 Å². The van der Waals surface area contributed by atoms with Crippen LogP contribution in [-0.2, 0) is 32.6 Å². The predicted molar refractivity (Wildman–Crippen MR) is 192 cm³/mol. The van der Waals surface area contributed by atoms with Crippen molar-refractivity contribution in [1.29, 1.82) is 0 Å². The van der Waals surface area contributed by atoms with E-state index in [1.54, 1.807) is 48.5 Å². The van der Waals surface area contributed by atoms with Crippen LogP contribution in [0.2, 0.25) is 10.0 Å². The predicted octanol–water partition coefficient (Wildman–Crippen LogP) is 6.90. The summed E-state index contributed by atoms with van der Waals surface area (Å²) >= 11 is 13.3. The van der Waals surface area contributed by atoms with E-state index in [0.717, 1.165) is 35.6 Å². The number of anilines is 1. The second-order valence-electron chi connectivity index (χ2n) is 11.8. The molecule has 1 aliphatic rings. The Bertz CT molecular complexity index is 1830. The molecule has 0 saturated heterocycles. The Morgan fingerprint density at radius 1 is 0.857 bits per heavy atom. The van der Waals surface area contributed by atoms with Crippen LogP contribution in [0.5, 0.6) is 11.5 Å². The van der Waals surface area contributed by atoms with Crippen molar-refractivity contribution in [3.63, 3.8) is 0 Å². The third kappa shape index (κ3) is 8.68. The molecule has 2 amide bonds. The number of carbonyl (C=O) groups excluding carboxylic acids is 2. The molecule has 0 spiro atoms. The monoisotopic (exact) mass is 723 g/mol. The Balaban J connectivity index is 1.64. The van der Waals surface area contributed by atoms with Crippen molar-refractivity contribution < 1.29 is 27.5 Å². The van der Waals surface area contributed by atoms with Crippen LogP contribution in [0.3, 0.4) is 0 Å². The zero-order chi connectivity index (χ0) is 35.0. The van der Waals surface area contributed by atoms with E-state index in [9.17, 15) is 18.0 Å². The summed E-state index contributed by atoms with van der Waals surface area (Å²) in [6.45, 7) is -0.827. The van der Waals surface area contributed by atoms with Crippen LogP contribution in [-0.4, -0.2) is 58.0 Å². The van der Waals surface area contributed by atoms with Gasteiger partial charge in [-0.15, -0.1) is 0 Å². The normalized spacial score (nSPS) is 13.8. The van der Waals surface area contributed by atoms with Crippen LogP contribution in [0, 0.1) is 0 Å². The van der Waals surface area contributed by atoms with Crippen molar-refractivity contribution in [2.45, 2.75) is 55.6 Å². The molecule has 0 unspecified atom stereocenters. The van der Waals surface area contributed by atoms with E-state index < -0.39 is 28.5 Å². The smallest absolute Gasteiger partial charge is 0.264 e. The lowest BCUT2D eigenvalue weighted by Gasteiger charge is -2.35. The molecule has 1 saturated carbocycles. The lowest BCUT2D eigenvalue weighted by molar-refractivity contribution is -0.140. The molecule has 1 N–H and O–H groups in total. The number of benzene rings is 4.